The maximum atomic E-state index is 14.0. The first-order valence-corrected chi connectivity index (χ1v) is 14.2. The quantitative estimate of drug-likeness (QED) is 0.380. The lowest BCUT2D eigenvalue weighted by atomic mass is 9.84. The number of methoxy groups -OCH3 is 1. The predicted molar refractivity (Wildman–Crippen MR) is 137 cm³/mol. The van der Waals surface area contributed by atoms with Crippen LogP contribution in [0.2, 0.25) is 0 Å². The minimum atomic E-state index is -4.78. The second-order valence-corrected chi connectivity index (χ2v) is 11.6. The summed E-state index contributed by atoms with van der Waals surface area (Å²) in [4.78, 5) is 23.4. The number of carboxylic acids is 1. The molecule has 1 aliphatic carbocycles. The number of carbonyl (C=O) groups is 2. The van der Waals surface area contributed by atoms with E-state index < -0.39 is 45.8 Å². The van der Waals surface area contributed by atoms with E-state index in [9.17, 15) is 35.6 Å². The van der Waals surface area contributed by atoms with Gasteiger partial charge in [0.15, 0.2) is 11.6 Å². The fourth-order valence-corrected chi connectivity index (χ4v) is 6.38. The van der Waals surface area contributed by atoms with Crippen LogP contribution < -0.4 is 19.1 Å². The highest BCUT2D eigenvalue weighted by Crippen LogP contribution is 2.45. The number of anilines is 2. The number of fused-ring (bicyclic) bond motifs is 1. The van der Waals surface area contributed by atoms with Gasteiger partial charge < -0.3 is 19.3 Å². The molecule has 224 valence electrons. The van der Waals surface area contributed by atoms with Crippen LogP contribution in [0.25, 0.3) is 0 Å². The number of carbonyl (C=O) groups excluding carboxylic acids is 1. The summed E-state index contributed by atoms with van der Waals surface area (Å²) in [5.74, 6) is -2.24. The van der Waals surface area contributed by atoms with E-state index in [-0.39, 0.29) is 72.8 Å². The van der Waals surface area contributed by atoms with E-state index in [0.717, 1.165) is 29.6 Å². The molecule has 1 fully saturated rings. The molecule has 41 heavy (non-hydrogen) atoms. The SMILES string of the molecule is COc1cc(S(=O)(=O)N2C[C@H](CCC(=O)O)Oc3ccc(NC(=O)OC4(C(F)(F)F)CCCCC4)cc32)ccc1F. The van der Waals surface area contributed by atoms with Gasteiger partial charge in [0.2, 0.25) is 5.60 Å². The molecule has 0 unspecified atom stereocenters. The lowest BCUT2D eigenvalue weighted by molar-refractivity contribution is -0.266. The summed E-state index contributed by atoms with van der Waals surface area (Å²) in [7, 11) is -3.27. The van der Waals surface area contributed by atoms with Crippen molar-refractivity contribution in [2.75, 3.05) is 23.3 Å². The molecule has 2 aromatic rings. The van der Waals surface area contributed by atoms with Gasteiger partial charge >= 0.3 is 18.2 Å². The highest BCUT2D eigenvalue weighted by molar-refractivity contribution is 7.92. The Morgan fingerprint density at radius 2 is 1.85 bits per heavy atom. The third-order valence-electron chi connectivity index (χ3n) is 6.99. The van der Waals surface area contributed by atoms with Crippen LogP contribution in [0, 0.1) is 5.82 Å². The second-order valence-electron chi connectivity index (χ2n) is 9.75. The first-order chi connectivity index (χ1) is 19.3. The number of sulfonamides is 1. The number of carboxylic acid groups (broad SMARTS) is 1. The van der Waals surface area contributed by atoms with Crippen LogP contribution in [-0.4, -0.2) is 57.1 Å². The molecule has 2 aromatic carbocycles. The number of nitrogens with one attached hydrogen (secondary N) is 1. The number of aliphatic carboxylic acids is 1. The maximum Gasteiger partial charge on any atom is 0.428 e. The topological polar surface area (TPSA) is 131 Å². The third-order valence-corrected chi connectivity index (χ3v) is 8.77. The third kappa shape index (κ3) is 6.44. The van der Waals surface area contributed by atoms with Crippen LogP contribution in [0.5, 0.6) is 11.5 Å². The Hall–Kier alpha value is -3.75. The van der Waals surface area contributed by atoms with Crippen molar-refractivity contribution >= 4 is 33.5 Å². The molecule has 1 amide bonds. The number of ether oxygens (including phenoxy) is 3. The zero-order chi connectivity index (χ0) is 30.0. The number of amides is 1. The van der Waals surface area contributed by atoms with Gasteiger partial charge in [-0.2, -0.15) is 13.2 Å². The molecular formula is C26H28F4N2O8S. The molecule has 2 N–H and O–H groups in total. The maximum absolute atomic E-state index is 14.0. The number of rotatable bonds is 8. The van der Waals surface area contributed by atoms with Crippen LogP contribution in [0.1, 0.15) is 44.9 Å². The number of halogens is 4. The van der Waals surface area contributed by atoms with Crippen LogP contribution in [0.3, 0.4) is 0 Å². The average molecular weight is 605 g/mol. The first-order valence-electron chi connectivity index (χ1n) is 12.7. The Morgan fingerprint density at radius 3 is 2.49 bits per heavy atom. The molecule has 0 spiro atoms. The van der Waals surface area contributed by atoms with Gasteiger partial charge in [0.1, 0.15) is 11.9 Å². The summed E-state index contributed by atoms with van der Waals surface area (Å²) < 4.78 is 99.4. The zero-order valence-electron chi connectivity index (χ0n) is 21.9. The van der Waals surface area contributed by atoms with Gasteiger partial charge in [0.05, 0.1) is 24.2 Å². The molecule has 15 heteroatoms. The fourth-order valence-electron chi connectivity index (χ4n) is 4.87. The lowest BCUT2D eigenvalue weighted by Crippen LogP contribution is -2.51. The van der Waals surface area contributed by atoms with Gasteiger partial charge in [-0.1, -0.05) is 6.42 Å². The van der Waals surface area contributed by atoms with E-state index in [1.165, 1.54) is 18.2 Å². The van der Waals surface area contributed by atoms with Gasteiger partial charge in [-0.25, -0.2) is 17.6 Å². The highest BCUT2D eigenvalue weighted by atomic mass is 32.2. The van der Waals surface area contributed by atoms with Crippen LogP contribution in [0.15, 0.2) is 41.3 Å². The normalized spacial score (nSPS) is 18.6. The van der Waals surface area contributed by atoms with Crippen molar-refractivity contribution in [3.8, 4) is 11.5 Å². The van der Waals surface area contributed by atoms with Crippen molar-refractivity contribution in [1.29, 1.82) is 0 Å². The van der Waals surface area contributed by atoms with Crippen molar-refractivity contribution in [2.24, 2.45) is 0 Å². The van der Waals surface area contributed by atoms with E-state index in [1.54, 1.807) is 0 Å². The van der Waals surface area contributed by atoms with Crippen molar-refractivity contribution in [3.05, 3.63) is 42.2 Å². The molecule has 0 aromatic heterocycles. The predicted octanol–water partition coefficient (Wildman–Crippen LogP) is 5.47. The van der Waals surface area contributed by atoms with Gasteiger partial charge in [0, 0.05) is 18.2 Å². The Kier molecular flexibility index (Phi) is 8.57. The molecule has 1 saturated carbocycles. The minimum Gasteiger partial charge on any atom is -0.494 e. The van der Waals surface area contributed by atoms with E-state index in [1.807, 2.05) is 0 Å². The summed E-state index contributed by atoms with van der Waals surface area (Å²) in [6.07, 6.45) is -7.04. The van der Waals surface area contributed by atoms with Gasteiger partial charge in [0.25, 0.3) is 10.0 Å². The molecule has 4 rings (SSSR count). The molecule has 2 aliphatic rings. The van der Waals surface area contributed by atoms with E-state index in [4.69, 9.17) is 19.3 Å². The first kappa shape index (κ1) is 30.2. The average Bonchev–Trinajstić information content (AvgIpc) is 2.91. The zero-order valence-corrected chi connectivity index (χ0v) is 22.7. The smallest absolute Gasteiger partial charge is 0.428 e. The lowest BCUT2D eigenvalue weighted by Gasteiger charge is -2.38. The molecular weight excluding hydrogens is 576 g/mol. The Labute approximate surface area is 233 Å². The largest absolute Gasteiger partial charge is 0.494 e. The summed E-state index contributed by atoms with van der Waals surface area (Å²) in [5, 5.41) is 11.3. The molecule has 0 saturated heterocycles. The van der Waals surface area contributed by atoms with Crippen LogP contribution in [0.4, 0.5) is 33.7 Å². The molecule has 0 radical (unpaired) electrons. The van der Waals surface area contributed by atoms with Crippen molar-refractivity contribution in [1.82, 2.24) is 0 Å². The summed E-state index contributed by atoms with van der Waals surface area (Å²) in [5.41, 5.74) is -2.78. The summed E-state index contributed by atoms with van der Waals surface area (Å²) >= 11 is 0. The number of hydrogen-bond donors (Lipinski definition) is 2. The Bertz CT molecular complexity index is 1410. The fraction of sp³-hybridized carbons (Fsp3) is 0.462. The highest BCUT2D eigenvalue weighted by Gasteiger charge is 2.58. The monoisotopic (exact) mass is 604 g/mol. The summed E-state index contributed by atoms with van der Waals surface area (Å²) in [6.45, 7) is -0.340. The van der Waals surface area contributed by atoms with Gasteiger partial charge in [-0.05, 0) is 62.4 Å². The van der Waals surface area contributed by atoms with E-state index in [2.05, 4.69) is 5.32 Å². The molecule has 0 bridgehead atoms. The van der Waals surface area contributed by atoms with Gasteiger partial charge in [-0.15, -0.1) is 0 Å². The Balaban J connectivity index is 1.66. The summed E-state index contributed by atoms with van der Waals surface area (Å²) in [6, 6.07) is 6.67. The van der Waals surface area contributed by atoms with Crippen molar-refractivity contribution in [3.63, 3.8) is 0 Å². The van der Waals surface area contributed by atoms with Crippen LogP contribution in [-0.2, 0) is 19.6 Å². The van der Waals surface area contributed by atoms with E-state index >= 15 is 0 Å². The van der Waals surface area contributed by atoms with Gasteiger partial charge in [-0.3, -0.25) is 14.4 Å². The number of benzene rings is 2. The van der Waals surface area contributed by atoms with Crippen molar-refractivity contribution in [2.45, 2.75) is 67.7 Å². The number of hydrogen-bond acceptors (Lipinski definition) is 7. The van der Waals surface area contributed by atoms with Crippen molar-refractivity contribution < 1.29 is 54.9 Å². The number of alkyl halides is 3. The Morgan fingerprint density at radius 1 is 1.15 bits per heavy atom. The number of nitrogens with zero attached hydrogens (tertiary/aromatic N) is 1. The second kappa shape index (κ2) is 11.6. The molecule has 1 heterocycles. The van der Waals surface area contributed by atoms with E-state index in [0.29, 0.717) is 6.42 Å². The minimum absolute atomic E-state index is 0.0160. The molecule has 1 atom stereocenters. The molecule has 10 nitrogen and oxygen atoms in total. The standard InChI is InChI=1S/C26H28F4N2O8S/c1-38-22-14-18(7-8-19(22)27)41(36,37)32-15-17(6-10-23(33)34)39-21-9-5-16(13-20(21)32)31-24(35)40-25(26(28,29)30)11-3-2-4-12-25/h5,7-9,13-14,17H,2-4,6,10-12,15H2,1H3,(H,31,35)(H,33,34)/t17-/m0/s1. The molecule has 1 aliphatic heterocycles. The van der Waals surface area contributed by atoms with Crippen LogP contribution >= 0.6 is 0 Å².